The van der Waals surface area contributed by atoms with Gasteiger partial charge >= 0.3 is 5.97 Å². The smallest absolute Gasteiger partial charge is 0.347 e. The average Bonchev–Trinajstić information content (AvgIpc) is 2.61. The standard InChI is InChI=1S/C20H27NO3/c1-15(2)8-11-20(23,17-6-4-3-5-7-17)19(22)24-18-14-21-12-9-16(18)10-13-21/h3-8,11,15-16,18,23H,9-10,12-14H2,1-2H3/b11-8+. The normalized spacial score (nSPS) is 28.9. The first-order valence-electron chi connectivity index (χ1n) is 8.90. The Morgan fingerprint density at radius 2 is 1.96 bits per heavy atom. The lowest BCUT2D eigenvalue weighted by molar-refractivity contribution is -0.176. The highest BCUT2D eigenvalue weighted by Gasteiger charge is 2.42. The molecule has 24 heavy (non-hydrogen) atoms. The zero-order valence-electron chi connectivity index (χ0n) is 14.5. The van der Waals surface area contributed by atoms with E-state index in [1.165, 1.54) is 0 Å². The number of esters is 1. The van der Waals surface area contributed by atoms with E-state index in [-0.39, 0.29) is 12.0 Å². The SMILES string of the molecule is CC(C)/C=C/C(O)(C(=O)OC1CN2CCC1CC2)c1ccccc1. The minimum atomic E-state index is -1.72. The van der Waals surface area contributed by atoms with Crippen molar-refractivity contribution in [2.45, 2.75) is 38.4 Å². The van der Waals surface area contributed by atoms with Crippen LogP contribution in [0.2, 0.25) is 0 Å². The number of carbonyl (C=O) groups is 1. The van der Waals surface area contributed by atoms with E-state index in [9.17, 15) is 9.90 Å². The molecule has 3 saturated heterocycles. The van der Waals surface area contributed by atoms with Gasteiger partial charge in [-0.2, -0.15) is 0 Å². The monoisotopic (exact) mass is 329 g/mol. The molecule has 0 saturated carbocycles. The van der Waals surface area contributed by atoms with E-state index in [0.717, 1.165) is 32.5 Å². The van der Waals surface area contributed by atoms with E-state index in [0.29, 0.717) is 11.5 Å². The summed E-state index contributed by atoms with van der Waals surface area (Å²) in [5.41, 5.74) is -1.18. The van der Waals surface area contributed by atoms with Crippen LogP contribution in [0, 0.1) is 11.8 Å². The Morgan fingerprint density at radius 1 is 1.29 bits per heavy atom. The van der Waals surface area contributed by atoms with Gasteiger partial charge in [0.05, 0.1) is 0 Å². The van der Waals surface area contributed by atoms with Gasteiger partial charge in [-0.05, 0) is 49.4 Å². The molecule has 3 aliphatic rings. The summed E-state index contributed by atoms with van der Waals surface area (Å²) in [7, 11) is 0. The molecule has 2 bridgehead atoms. The highest BCUT2D eigenvalue weighted by molar-refractivity contribution is 5.83. The van der Waals surface area contributed by atoms with Crippen LogP contribution >= 0.6 is 0 Å². The van der Waals surface area contributed by atoms with Crippen molar-refractivity contribution in [1.29, 1.82) is 0 Å². The number of fused-ring (bicyclic) bond motifs is 3. The molecular weight excluding hydrogens is 302 g/mol. The molecule has 0 aromatic heterocycles. The Balaban J connectivity index is 1.81. The molecule has 4 rings (SSSR count). The van der Waals surface area contributed by atoms with Crippen molar-refractivity contribution < 1.29 is 14.6 Å². The Bertz CT molecular complexity index is 590. The Kier molecular flexibility index (Phi) is 5.07. The van der Waals surface area contributed by atoms with Crippen LogP contribution in [-0.4, -0.2) is 41.7 Å². The number of hydrogen-bond donors (Lipinski definition) is 1. The molecule has 130 valence electrons. The summed E-state index contributed by atoms with van der Waals surface area (Å²) >= 11 is 0. The average molecular weight is 329 g/mol. The first-order chi connectivity index (χ1) is 11.5. The molecule has 0 amide bonds. The summed E-state index contributed by atoms with van der Waals surface area (Å²) in [5, 5.41) is 11.1. The fourth-order valence-electron chi connectivity index (χ4n) is 3.58. The Labute approximate surface area is 144 Å². The molecule has 3 aliphatic heterocycles. The molecule has 0 radical (unpaired) electrons. The van der Waals surface area contributed by atoms with Crippen LogP contribution in [-0.2, 0) is 15.1 Å². The van der Waals surface area contributed by atoms with Crippen LogP contribution in [0.5, 0.6) is 0 Å². The molecular formula is C20H27NO3. The van der Waals surface area contributed by atoms with Gasteiger partial charge in [-0.25, -0.2) is 4.79 Å². The molecule has 1 N–H and O–H groups in total. The number of rotatable bonds is 5. The van der Waals surface area contributed by atoms with Crippen LogP contribution in [0.15, 0.2) is 42.5 Å². The van der Waals surface area contributed by atoms with Gasteiger partial charge in [0.2, 0.25) is 5.60 Å². The highest BCUT2D eigenvalue weighted by atomic mass is 16.6. The molecule has 2 unspecified atom stereocenters. The molecule has 4 heteroatoms. The van der Waals surface area contributed by atoms with Gasteiger partial charge in [0.25, 0.3) is 0 Å². The molecule has 1 aromatic carbocycles. The van der Waals surface area contributed by atoms with Gasteiger partial charge in [0, 0.05) is 6.54 Å². The van der Waals surface area contributed by atoms with Gasteiger partial charge < -0.3 is 9.84 Å². The highest BCUT2D eigenvalue weighted by Crippen LogP contribution is 2.32. The van der Waals surface area contributed by atoms with Crippen molar-refractivity contribution in [2.75, 3.05) is 19.6 Å². The van der Waals surface area contributed by atoms with E-state index in [2.05, 4.69) is 4.90 Å². The quantitative estimate of drug-likeness (QED) is 0.666. The minimum absolute atomic E-state index is 0.109. The van der Waals surface area contributed by atoms with E-state index >= 15 is 0 Å². The minimum Gasteiger partial charge on any atom is -0.458 e. The summed E-state index contributed by atoms with van der Waals surface area (Å²) in [6, 6.07) is 9.05. The molecule has 1 aromatic rings. The molecule has 0 spiro atoms. The van der Waals surface area contributed by atoms with Crippen molar-refractivity contribution in [3.05, 3.63) is 48.0 Å². The van der Waals surface area contributed by atoms with E-state index in [1.54, 1.807) is 18.2 Å². The molecule has 0 aliphatic carbocycles. The summed E-state index contributed by atoms with van der Waals surface area (Å²) in [5.74, 6) is 0.0993. The van der Waals surface area contributed by atoms with Gasteiger partial charge in [0.1, 0.15) is 6.10 Å². The fraction of sp³-hybridized carbons (Fsp3) is 0.550. The van der Waals surface area contributed by atoms with Crippen molar-refractivity contribution in [2.24, 2.45) is 11.8 Å². The van der Waals surface area contributed by atoms with Crippen LogP contribution in [0.3, 0.4) is 0 Å². The van der Waals surface area contributed by atoms with E-state index in [4.69, 9.17) is 4.74 Å². The van der Waals surface area contributed by atoms with Crippen molar-refractivity contribution >= 4 is 5.97 Å². The fourth-order valence-corrected chi connectivity index (χ4v) is 3.58. The molecule has 3 fully saturated rings. The second-order valence-corrected chi connectivity index (χ2v) is 7.32. The lowest BCUT2D eigenvalue weighted by Gasteiger charge is -2.44. The van der Waals surface area contributed by atoms with Gasteiger partial charge in [-0.15, -0.1) is 0 Å². The van der Waals surface area contributed by atoms with Crippen LogP contribution in [0.4, 0.5) is 0 Å². The maximum absolute atomic E-state index is 12.9. The summed E-state index contributed by atoms with van der Waals surface area (Å²) in [6.07, 6.45) is 5.47. The molecule has 3 heterocycles. The van der Waals surface area contributed by atoms with E-state index in [1.807, 2.05) is 38.1 Å². The number of aliphatic hydroxyl groups is 1. The van der Waals surface area contributed by atoms with Crippen molar-refractivity contribution in [3.63, 3.8) is 0 Å². The zero-order chi connectivity index (χ0) is 17.2. The Hall–Kier alpha value is -1.65. The lowest BCUT2D eigenvalue weighted by atomic mass is 9.85. The second-order valence-electron chi connectivity index (χ2n) is 7.32. The predicted molar refractivity (Wildman–Crippen MR) is 93.4 cm³/mol. The van der Waals surface area contributed by atoms with Gasteiger partial charge in [0.15, 0.2) is 0 Å². The first-order valence-corrected chi connectivity index (χ1v) is 8.90. The predicted octanol–water partition coefficient (Wildman–Crippen LogP) is 2.72. The maximum atomic E-state index is 12.9. The number of nitrogens with zero attached hydrogens (tertiary/aromatic N) is 1. The maximum Gasteiger partial charge on any atom is 0.347 e. The molecule has 4 nitrogen and oxygen atoms in total. The van der Waals surface area contributed by atoms with Gasteiger partial charge in [-0.1, -0.05) is 50.3 Å². The third-order valence-corrected chi connectivity index (χ3v) is 5.10. The number of benzene rings is 1. The number of hydrogen-bond acceptors (Lipinski definition) is 4. The number of allylic oxidation sites excluding steroid dienone is 1. The van der Waals surface area contributed by atoms with Crippen molar-refractivity contribution in [1.82, 2.24) is 4.90 Å². The third-order valence-electron chi connectivity index (χ3n) is 5.10. The molecule has 2 atom stereocenters. The number of carbonyl (C=O) groups excluding carboxylic acids is 1. The first kappa shape index (κ1) is 17.2. The van der Waals surface area contributed by atoms with Crippen LogP contribution in [0.25, 0.3) is 0 Å². The van der Waals surface area contributed by atoms with Gasteiger partial charge in [-0.3, -0.25) is 4.90 Å². The van der Waals surface area contributed by atoms with Crippen LogP contribution < -0.4 is 0 Å². The Morgan fingerprint density at radius 3 is 2.50 bits per heavy atom. The zero-order valence-corrected chi connectivity index (χ0v) is 14.5. The van der Waals surface area contributed by atoms with Crippen LogP contribution in [0.1, 0.15) is 32.3 Å². The number of piperidine rings is 3. The van der Waals surface area contributed by atoms with Crippen molar-refractivity contribution in [3.8, 4) is 0 Å². The summed E-state index contributed by atoms with van der Waals surface area (Å²) in [4.78, 5) is 15.2. The summed E-state index contributed by atoms with van der Waals surface area (Å²) in [6.45, 7) is 7.00. The second kappa shape index (κ2) is 7.08. The third kappa shape index (κ3) is 3.55. The van der Waals surface area contributed by atoms with E-state index < -0.39 is 11.6 Å². The topological polar surface area (TPSA) is 49.8 Å². The summed E-state index contributed by atoms with van der Waals surface area (Å²) < 4.78 is 5.80. The largest absolute Gasteiger partial charge is 0.458 e. The number of ether oxygens (including phenoxy) is 1. The lowest BCUT2D eigenvalue weighted by Crippen LogP contribution is -2.53.